The second-order valence-corrected chi connectivity index (χ2v) is 0.519. The van der Waals surface area contributed by atoms with Crippen LogP contribution in [-0.4, -0.2) is 35.5 Å². The molecule has 4 heteroatoms. The van der Waals surface area contributed by atoms with Gasteiger partial charge in [0.05, 0.1) is 0 Å². The SMILES string of the molecule is CC(=O)O.[Mn].[SbH3]. The Kier molecular flexibility index (Phi) is 24.4. The van der Waals surface area contributed by atoms with Crippen LogP contribution < -0.4 is 0 Å². The molecule has 0 aliphatic heterocycles. The molecule has 0 aromatic carbocycles. The summed E-state index contributed by atoms with van der Waals surface area (Å²) in [6.07, 6.45) is 0. The number of rotatable bonds is 0. The molecule has 0 aromatic rings. The summed E-state index contributed by atoms with van der Waals surface area (Å²) in [6.45, 7) is 1.08. The standard InChI is InChI=1S/C2H4O2.Mn.Sb.3H/c1-2(3)4;;;;;/h1H3,(H,3,4);;;;;. The van der Waals surface area contributed by atoms with Crippen molar-refractivity contribution in [3.63, 3.8) is 0 Å². The molecule has 39 valence electrons. The van der Waals surface area contributed by atoms with Gasteiger partial charge in [0.15, 0.2) is 0 Å². The van der Waals surface area contributed by atoms with Crippen molar-refractivity contribution >= 4 is 30.4 Å². The molecule has 0 aliphatic rings. The van der Waals surface area contributed by atoms with Crippen molar-refractivity contribution in [3.8, 4) is 0 Å². The number of hydrogen-bond acceptors (Lipinski definition) is 1. The van der Waals surface area contributed by atoms with Crippen molar-refractivity contribution in [2.45, 2.75) is 6.92 Å². The molecule has 0 saturated heterocycles. The number of hydrogen-bond donors (Lipinski definition) is 1. The Morgan fingerprint density at radius 2 is 1.67 bits per heavy atom. The molecule has 0 rings (SSSR count). The summed E-state index contributed by atoms with van der Waals surface area (Å²) >= 11 is 0. The summed E-state index contributed by atoms with van der Waals surface area (Å²) in [5.74, 6) is -0.833. The summed E-state index contributed by atoms with van der Waals surface area (Å²) in [6, 6.07) is 0. The van der Waals surface area contributed by atoms with Gasteiger partial charge < -0.3 is 5.11 Å². The summed E-state index contributed by atoms with van der Waals surface area (Å²) in [7, 11) is 0. The molecule has 0 spiro atoms. The second kappa shape index (κ2) is 9.26. The van der Waals surface area contributed by atoms with E-state index >= 15 is 0 Å². The van der Waals surface area contributed by atoms with Gasteiger partial charge in [-0.2, -0.15) is 0 Å². The van der Waals surface area contributed by atoms with Gasteiger partial charge in [-0.1, -0.05) is 0 Å². The molecular formula is C2H7MnO2Sb. The van der Waals surface area contributed by atoms with Crippen LogP contribution in [0.4, 0.5) is 0 Å². The van der Waals surface area contributed by atoms with Gasteiger partial charge in [0, 0.05) is 24.0 Å². The third-order valence-electron chi connectivity index (χ3n) is 0. The third kappa shape index (κ3) is 107. The van der Waals surface area contributed by atoms with Crippen molar-refractivity contribution in [2.75, 3.05) is 0 Å². The Morgan fingerprint density at radius 1 is 1.67 bits per heavy atom. The fourth-order valence-electron chi connectivity index (χ4n) is 0. The Hall–Kier alpha value is 0.808. The molecule has 1 radical (unpaired) electrons. The van der Waals surface area contributed by atoms with E-state index in [1.54, 1.807) is 0 Å². The van der Waals surface area contributed by atoms with Gasteiger partial charge in [0.1, 0.15) is 0 Å². The van der Waals surface area contributed by atoms with E-state index in [0.29, 0.717) is 0 Å². The Bertz CT molecular complexity index is 34.5. The molecule has 1 N–H and O–H groups in total. The fourth-order valence-corrected chi connectivity index (χ4v) is 0. The molecule has 0 heterocycles. The average Bonchev–Trinajstić information content (AvgIpc) is 0.811. The van der Waals surface area contributed by atoms with Gasteiger partial charge in [0.25, 0.3) is 5.97 Å². The first-order valence-electron chi connectivity index (χ1n) is 0.928. The first-order valence-corrected chi connectivity index (χ1v) is 0.928. The topological polar surface area (TPSA) is 37.3 Å². The maximum atomic E-state index is 9.00. The van der Waals surface area contributed by atoms with Crippen LogP contribution in [-0.2, 0) is 21.9 Å². The van der Waals surface area contributed by atoms with Gasteiger partial charge in [-0.3, -0.25) is 4.79 Å². The minimum atomic E-state index is -0.833. The second-order valence-electron chi connectivity index (χ2n) is 0.519. The molecule has 0 amide bonds. The van der Waals surface area contributed by atoms with Gasteiger partial charge >= 0.3 is 24.4 Å². The number of carbonyl (C=O) groups is 1. The molecule has 0 aromatic heterocycles. The van der Waals surface area contributed by atoms with Crippen LogP contribution in [0.15, 0.2) is 0 Å². The molecule has 0 bridgehead atoms. The molecule has 0 saturated carbocycles. The van der Waals surface area contributed by atoms with Crippen molar-refractivity contribution in [3.05, 3.63) is 0 Å². The zero-order valence-electron chi connectivity index (χ0n) is 3.44. The van der Waals surface area contributed by atoms with Crippen LogP contribution in [0.5, 0.6) is 0 Å². The van der Waals surface area contributed by atoms with Crippen molar-refractivity contribution in [1.82, 2.24) is 0 Å². The maximum absolute atomic E-state index is 9.00. The summed E-state index contributed by atoms with van der Waals surface area (Å²) in [5.41, 5.74) is 0. The first-order chi connectivity index (χ1) is 1.73. The van der Waals surface area contributed by atoms with Gasteiger partial charge in [-0.25, -0.2) is 0 Å². The van der Waals surface area contributed by atoms with Crippen LogP contribution in [0.25, 0.3) is 0 Å². The average molecular weight is 240 g/mol. The van der Waals surface area contributed by atoms with Crippen LogP contribution in [0.3, 0.4) is 0 Å². The van der Waals surface area contributed by atoms with E-state index in [9.17, 15) is 0 Å². The number of carboxylic acid groups (broad SMARTS) is 1. The zero-order valence-corrected chi connectivity index (χ0v) is 8.66. The predicted molar refractivity (Wildman–Crippen MR) is 23.2 cm³/mol. The van der Waals surface area contributed by atoms with Crippen LogP contribution in [0, 0.1) is 0 Å². The van der Waals surface area contributed by atoms with Crippen molar-refractivity contribution in [1.29, 1.82) is 0 Å². The zero-order chi connectivity index (χ0) is 3.58. The van der Waals surface area contributed by atoms with E-state index in [2.05, 4.69) is 0 Å². The summed E-state index contributed by atoms with van der Waals surface area (Å²) in [4.78, 5) is 9.00. The Balaban J connectivity index is -0.0000000450. The van der Waals surface area contributed by atoms with Crippen molar-refractivity contribution < 1.29 is 27.0 Å². The molecular weight excluding hydrogens is 233 g/mol. The van der Waals surface area contributed by atoms with Crippen LogP contribution in [0.1, 0.15) is 6.92 Å². The summed E-state index contributed by atoms with van der Waals surface area (Å²) in [5, 5.41) is 7.42. The third-order valence-corrected chi connectivity index (χ3v) is 0. The summed E-state index contributed by atoms with van der Waals surface area (Å²) < 4.78 is 0. The Labute approximate surface area is 64.2 Å². The van der Waals surface area contributed by atoms with Gasteiger partial charge in [0.2, 0.25) is 0 Å². The molecule has 2 nitrogen and oxygen atoms in total. The van der Waals surface area contributed by atoms with E-state index in [4.69, 9.17) is 9.90 Å². The fraction of sp³-hybridized carbons (Fsp3) is 0.500. The minimum absolute atomic E-state index is 0. The van der Waals surface area contributed by atoms with Gasteiger partial charge in [-0.05, 0) is 0 Å². The molecule has 0 unspecified atom stereocenters. The van der Waals surface area contributed by atoms with Crippen molar-refractivity contribution in [2.24, 2.45) is 0 Å². The van der Waals surface area contributed by atoms with Gasteiger partial charge in [-0.15, -0.1) is 0 Å². The van der Waals surface area contributed by atoms with E-state index in [1.165, 1.54) is 0 Å². The predicted octanol–water partition coefficient (Wildman–Crippen LogP) is -1.10. The molecule has 0 aliphatic carbocycles. The van der Waals surface area contributed by atoms with E-state index < -0.39 is 5.97 Å². The number of carboxylic acids is 1. The molecule has 0 fully saturated rings. The normalized spacial score (nSPS) is 4.17. The monoisotopic (exact) mass is 239 g/mol. The van der Waals surface area contributed by atoms with Crippen LogP contribution in [0.2, 0.25) is 0 Å². The van der Waals surface area contributed by atoms with E-state index in [-0.39, 0.29) is 41.5 Å². The number of aliphatic carboxylic acids is 1. The molecule has 6 heavy (non-hydrogen) atoms. The van der Waals surface area contributed by atoms with E-state index in [1.807, 2.05) is 0 Å². The van der Waals surface area contributed by atoms with Crippen LogP contribution >= 0.6 is 0 Å². The quantitative estimate of drug-likeness (QED) is 0.546. The molecule has 0 atom stereocenters. The van der Waals surface area contributed by atoms with E-state index in [0.717, 1.165) is 6.92 Å². The Morgan fingerprint density at radius 3 is 1.67 bits per heavy atom. The first kappa shape index (κ1) is 15.8.